The van der Waals surface area contributed by atoms with Crippen molar-refractivity contribution >= 4 is 16.7 Å². The van der Waals surface area contributed by atoms with Gasteiger partial charge in [-0.25, -0.2) is 0 Å². The van der Waals surface area contributed by atoms with Crippen molar-refractivity contribution in [3.05, 3.63) is 42.5 Å². The molecule has 0 bridgehead atoms. The first-order chi connectivity index (χ1) is 9.74. The van der Waals surface area contributed by atoms with Crippen LogP contribution in [0.2, 0.25) is 0 Å². The van der Waals surface area contributed by atoms with Gasteiger partial charge in [0.25, 0.3) is 0 Å². The summed E-state index contributed by atoms with van der Waals surface area (Å²) in [6.45, 7) is 4.18. The zero-order chi connectivity index (χ0) is 14.4. The third-order valence-corrected chi connectivity index (χ3v) is 3.67. The lowest BCUT2D eigenvalue weighted by Crippen LogP contribution is -2.19. The molecule has 2 heteroatoms. The van der Waals surface area contributed by atoms with Crippen molar-refractivity contribution in [2.45, 2.75) is 39.5 Å². The lowest BCUT2D eigenvalue weighted by atomic mass is 10.00. The van der Waals surface area contributed by atoms with Gasteiger partial charge in [-0.1, -0.05) is 57.0 Å². The fourth-order valence-electron chi connectivity index (χ4n) is 2.37. The van der Waals surface area contributed by atoms with Crippen molar-refractivity contribution in [1.82, 2.24) is 0 Å². The summed E-state index contributed by atoms with van der Waals surface area (Å²) in [7, 11) is 0. The summed E-state index contributed by atoms with van der Waals surface area (Å²) in [6, 6.07) is 13.9. The van der Waals surface area contributed by atoms with Gasteiger partial charge in [-0.2, -0.15) is 0 Å². The number of carbonyl (C=O) groups excluding carboxylic acids is 1. The topological polar surface area (TPSA) is 26.3 Å². The van der Waals surface area contributed by atoms with Gasteiger partial charge in [-0.05, 0) is 35.7 Å². The van der Waals surface area contributed by atoms with E-state index in [0.717, 1.165) is 36.5 Å². The Labute approximate surface area is 120 Å². The second-order valence-corrected chi connectivity index (χ2v) is 5.18. The van der Waals surface area contributed by atoms with Gasteiger partial charge in [0.15, 0.2) is 0 Å². The largest absolute Gasteiger partial charge is 0.426 e. The molecule has 0 N–H and O–H groups in total. The normalized spacial score (nSPS) is 12.3. The maximum atomic E-state index is 12.2. The molecule has 1 atom stereocenters. The number of ether oxygens (including phenoxy) is 1. The number of hydrogen-bond donors (Lipinski definition) is 0. The van der Waals surface area contributed by atoms with E-state index in [2.05, 4.69) is 13.0 Å². The van der Waals surface area contributed by atoms with E-state index < -0.39 is 0 Å². The average Bonchev–Trinajstić information content (AvgIpc) is 2.48. The maximum Gasteiger partial charge on any atom is 0.314 e. The molecule has 0 unspecified atom stereocenters. The van der Waals surface area contributed by atoms with E-state index >= 15 is 0 Å². The van der Waals surface area contributed by atoms with Crippen LogP contribution in [0.1, 0.15) is 39.5 Å². The summed E-state index contributed by atoms with van der Waals surface area (Å²) in [6.07, 6.45) is 3.94. The van der Waals surface area contributed by atoms with Gasteiger partial charge >= 0.3 is 5.97 Å². The molecule has 0 amide bonds. The number of rotatable bonds is 6. The van der Waals surface area contributed by atoms with E-state index in [4.69, 9.17) is 4.74 Å². The first-order valence-electron chi connectivity index (χ1n) is 7.45. The molecule has 0 saturated carbocycles. The Balaban J connectivity index is 2.08. The fraction of sp³-hybridized carbons (Fsp3) is 0.389. The number of carbonyl (C=O) groups is 1. The molecule has 2 aromatic rings. The van der Waals surface area contributed by atoms with E-state index in [9.17, 15) is 4.79 Å². The van der Waals surface area contributed by atoms with Crippen molar-refractivity contribution in [3.8, 4) is 5.75 Å². The molecule has 0 aromatic heterocycles. The minimum atomic E-state index is -0.101. The van der Waals surface area contributed by atoms with Gasteiger partial charge in [0.1, 0.15) is 5.75 Å². The van der Waals surface area contributed by atoms with Crippen LogP contribution >= 0.6 is 0 Å². The number of benzene rings is 2. The Hall–Kier alpha value is -1.83. The lowest BCUT2D eigenvalue weighted by Gasteiger charge is -2.13. The monoisotopic (exact) mass is 270 g/mol. The second-order valence-electron chi connectivity index (χ2n) is 5.18. The minimum absolute atomic E-state index is 0.0152. The van der Waals surface area contributed by atoms with Crippen LogP contribution in [0, 0.1) is 5.92 Å². The lowest BCUT2D eigenvalue weighted by molar-refractivity contribution is -0.139. The van der Waals surface area contributed by atoms with Crippen LogP contribution in [0.4, 0.5) is 0 Å². The standard InChI is InChI=1S/C18H22O2/c1-3-5-8-14(4-2)18(19)20-17-12-11-15-9-6-7-10-16(15)13-17/h6-7,9-14H,3-5,8H2,1-2H3/t14-/m0/s1. The van der Waals surface area contributed by atoms with Crippen molar-refractivity contribution in [2.24, 2.45) is 5.92 Å². The van der Waals surface area contributed by atoms with E-state index in [-0.39, 0.29) is 11.9 Å². The molecule has 0 radical (unpaired) electrons. The first kappa shape index (κ1) is 14.6. The van der Waals surface area contributed by atoms with Crippen LogP contribution < -0.4 is 4.74 Å². The number of hydrogen-bond acceptors (Lipinski definition) is 2. The molecule has 0 aliphatic heterocycles. The molecule has 0 spiro atoms. The molecule has 106 valence electrons. The van der Waals surface area contributed by atoms with Crippen LogP contribution in [0.15, 0.2) is 42.5 Å². The molecule has 0 fully saturated rings. The van der Waals surface area contributed by atoms with Crippen LogP contribution in [0.3, 0.4) is 0 Å². The summed E-state index contributed by atoms with van der Waals surface area (Å²) in [5.74, 6) is 0.557. The quantitative estimate of drug-likeness (QED) is 0.547. The van der Waals surface area contributed by atoms with Crippen molar-refractivity contribution in [3.63, 3.8) is 0 Å². The SMILES string of the molecule is CCCC[C@H](CC)C(=O)Oc1ccc2ccccc2c1. The van der Waals surface area contributed by atoms with Crippen LogP contribution in [-0.4, -0.2) is 5.97 Å². The summed E-state index contributed by atoms with van der Waals surface area (Å²) in [5, 5.41) is 2.25. The molecule has 0 saturated heterocycles. The predicted octanol–water partition coefficient (Wildman–Crippen LogP) is 4.96. The molecule has 2 aromatic carbocycles. The van der Waals surface area contributed by atoms with Gasteiger partial charge in [0.05, 0.1) is 5.92 Å². The third kappa shape index (κ3) is 3.60. The molecule has 2 nitrogen and oxygen atoms in total. The Kier molecular flexibility index (Phi) is 5.16. The number of esters is 1. The first-order valence-corrected chi connectivity index (χ1v) is 7.45. The summed E-state index contributed by atoms with van der Waals surface area (Å²) >= 11 is 0. The number of fused-ring (bicyclic) bond motifs is 1. The molecular weight excluding hydrogens is 248 g/mol. The van der Waals surface area contributed by atoms with Crippen molar-refractivity contribution in [2.75, 3.05) is 0 Å². The number of unbranched alkanes of at least 4 members (excludes halogenated alkanes) is 1. The van der Waals surface area contributed by atoms with Gasteiger partial charge in [-0.15, -0.1) is 0 Å². The summed E-state index contributed by atoms with van der Waals surface area (Å²) < 4.78 is 5.53. The highest BCUT2D eigenvalue weighted by atomic mass is 16.5. The van der Waals surface area contributed by atoms with E-state index in [0.29, 0.717) is 5.75 Å². The molecule has 0 aliphatic rings. The highest BCUT2D eigenvalue weighted by Gasteiger charge is 2.18. The van der Waals surface area contributed by atoms with Crippen molar-refractivity contribution in [1.29, 1.82) is 0 Å². The Morgan fingerprint density at radius 3 is 2.55 bits per heavy atom. The Morgan fingerprint density at radius 2 is 1.85 bits per heavy atom. The fourth-order valence-corrected chi connectivity index (χ4v) is 2.37. The maximum absolute atomic E-state index is 12.2. The minimum Gasteiger partial charge on any atom is -0.426 e. The van der Waals surface area contributed by atoms with Crippen LogP contribution in [0.5, 0.6) is 5.75 Å². The molecule has 0 heterocycles. The molecular formula is C18H22O2. The third-order valence-electron chi connectivity index (χ3n) is 3.67. The zero-order valence-electron chi connectivity index (χ0n) is 12.3. The Bertz CT molecular complexity index is 574. The van der Waals surface area contributed by atoms with E-state index in [1.165, 1.54) is 0 Å². The predicted molar refractivity (Wildman–Crippen MR) is 82.9 cm³/mol. The molecule has 0 aliphatic carbocycles. The van der Waals surface area contributed by atoms with Gasteiger partial charge in [0, 0.05) is 0 Å². The molecule has 2 rings (SSSR count). The van der Waals surface area contributed by atoms with E-state index in [1.807, 2.05) is 43.3 Å². The smallest absolute Gasteiger partial charge is 0.314 e. The van der Waals surface area contributed by atoms with Crippen LogP contribution in [0.25, 0.3) is 10.8 Å². The zero-order valence-corrected chi connectivity index (χ0v) is 12.3. The van der Waals surface area contributed by atoms with Gasteiger partial charge < -0.3 is 4.74 Å². The summed E-state index contributed by atoms with van der Waals surface area (Å²) in [4.78, 5) is 12.2. The molecule has 20 heavy (non-hydrogen) atoms. The Morgan fingerprint density at radius 1 is 1.10 bits per heavy atom. The van der Waals surface area contributed by atoms with Crippen molar-refractivity contribution < 1.29 is 9.53 Å². The van der Waals surface area contributed by atoms with Gasteiger partial charge in [0.2, 0.25) is 0 Å². The van der Waals surface area contributed by atoms with Crippen LogP contribution in [-0.2, 0) is 4.79 Å². The summed E-state index contributed by atoms with van der Waals surface area (Å²) in [5.41, 5.74) is 0. The van der Waals surface area contributed by atoms with E-state index in [1.54, 1.807) is 0 Å². The average molecular weight is 270 g/mol. The van der Waals surface area contributed by atoms with Gasteiger partial charge in [-0.3, -0.25) is 4.79 Å². The highest BCUT2D eigenvalue weighted by molar-refractivity contribution is 5.85. The highest BCUT2D eigenvalue weighted by Crippen LogP contribution is 2.22. The second kappa shape index (κ2) is 7.09.